The van der Waals surface area contributed by atoms with Crippen LogP contribution in [0.5, 0.6) is 0 Å². The minimum absolute atomic E-state index is 0.161. The van der Waals surface area contributed by atoms with Crippen LogP contribution in [-0.4, -0.2) is 111 Å². The number of carbonyl (C=O) groups is 1. The van der Waals surface area contributed by atoms with Gasteiger partial charge in [-0.05, 0) is 31.9 Å². The Labute approximate surface area is 192 Å². The molecule has 0 bridgehead atoms. The normalized spacial score (nSPS) is 24.0. The summed E-state index contributed by atoms with van der Waals surface area (Å²) in [5.41, 5.74) is 1.32. The predicted octanol–water partition coefficient (Wildman–Crippen LogP) is 1.10. The molecule has 1 N–H and O–H groups in total. The van der Waals surface area contributed by atoms with Crippen LogP contribution < -0.4 is 10.2 Å². The van der Waals surface area contributed by atoms with Crippen LogP contribution in [0.1, 0.15) is 19.8 Å². The molecule has 8 heteroatoms. The second kappa shape index (κ2) is 11.0. The quantitative estimate of drug-likeness (QED) is 0.544. The van der Waals surface area contributed by atoms with Gasteiger partial charge in [0.25, 0.3) is 5.91 Å². The number of ether oxygens (including phenoxy) is 1. The highest BCUT2D eigenvalue weighted by molar-refractivity contribution is 5.82. The summed E-state index contributed by atoms with van der Waals surface area (Å²) in [5.74, 6) is 1.09. The first-order valence-corrected chi connectivity index (χ1v) is 12.1. The van der Waals surface area contributed by atoms with E-state index in [2.05, 4.69) is 62.3 Å². The smallest absolute Gasteiger partial charge is 0.251 e. The Hall–Kier alpha value is -2.32. The third kappa shape index (κ3) is 5.53. The van der Waals surface area contributed by atoms with Gasteiger partial charge in [0.1, 0.15) is 6.10 Å². The number of hydrogen-bond acceptors (Lipinski definition) is 5. The average molecular weight is 443 g/mol. The minimum Gasteiger partial charge on any atom is -0.369 e. The first-order chi connectivity index (χ1) is 15.7. The zero-order valence-corrected chi connectivity index (χ0v) is 19.6. The molecule has 3 aliphatic rings. The molecule has 3 fully saturated rings. The fourth-order valence-electron chi connectivity index (χ4n) is 4.87. The van der Waals surface area contributed by atoms with Gasteiger partial charge in [0, 0.05) is 84.3 Å². The van der Waals surface area contributed by atoms with Gasteiger partial charge in [-0.2, -0.15) is 0 Å². The van der Waals surface area contributed by atoms with E-state index in [0.717, 1.165) is 77.7 Å². The lowest BCUT2D eigenvalue weighted by molar-refractivity contribution is -0.142. The molecule has 0 aromatic heterocycles. The molecule has 3 saturated heterocycles. The summed E-state index contributed by atoms with van der Waals surface area (Å²) in [6.07, 6.45) is 1.63. The lowest BCUT2D eigenvalue weighted by Crippen LogP contribution is -2.57. The summed E-state index contributed by atoms with van der Waals surface area (Å²) in [6, 6.07) is 11.1. The highest BCUT2D eigenvalue weighted by Crippen LogP contribution is 2.17. The van der Waals surface area contributed by atoms with Crippen molar-refractivity contribution in [1.29, 1.82) is 0 Å². The number of para-hydroxylation sites is 1. The zero-order chi connectivity index (χ0) is 22.3. The number of aliphatic imine (C=N–C) groups is 1. The van der Waals surface area contributed by atoms with E-state index in [1.165, 1.54) is 5.69 Å². The summed E-state index contributed by atoms with van der Waals surface area (Å²) in [6.45, 7) is 11.2. The molecule has 0 aliphatic carbocycles. The number of anilines is 1. The Balaban J connectivity index is 1.19. The van der Waals surface area contributed by atoms with E-state index in [1.807, 2.05) is 11.9 Å². The van der Waals surface area contributed by atoms with Crippen molar-refractivity contribution in [3.8, 4) is 0 Å². The molecule has 1 aromatic carbocycles. The summed E-state index contributed by atoms with van der Waals surface area (Å²) in [4.78, 5) is 26.3. The zero-order valence-electron chi connectivity index (χ0n) is 19.6. The summed E-state index contributed by atoms with van der Waals surface area (Å²) < 4.78 is 5.57. The number of nitrogens with zero attached hydrogens (tertiary/aromatic N) is 5. The van der Waals surface area contributed by atoms with E-state index in [4.69, 9.17) is 4.74 Å². The fraction of sp³-hybridized carbons (Fsp3) is 0.667. The number of hydrogen-bond donors (Lipinski definition) is 1. The van der Waals surface area contributed by atoms with E-state index >= 15 is 0 Å². The van der Waals surface area contributed by atoms with Gasteiger partial charge in [-0.15, -0.1) is 0 Å². The highest BCUT2D eigenvalue weighted by Gasteiger charge is 2.31. The van der Waals surface area contributed by atoms with E-state index in [9.17, 15) is 4.79 Å². The van der Waals surface area contributed by atoms with Crippen LogP contribution in [0.25, 0.3) is 0 Å². The predicted molar refractivity (Wildman–Crippen MR) is 128 cm³/mol. The molecule has 4 rings (SSSR count). The molecule has 3 aliphatic heterocycles. The lowest BCUT2D eigenvalue weighted by atomic mass is 10.2. The van der Waals surface area contributed by atoms with Gasteiger partial charge in [-0.25, -0.2) is 0 Å². The maximum Gasteiger partial charge on any atom is 0.251 e. The Morgan fingerprint density at radius 1 is 1.06 bits per heavy atom. The molecule has 176 valence electrons. The second-order valence-corrected chi connectivity index (χ2v) is 8.95. The third-order valence-corrected chi connectivity index (χ3v) is 6.92. The second-order valence-electron chi connectivity index (χ2n) is 8.95. The van der Waals surface area contributed by atoms with Crippen LogP contribution >= 0.6 is 0 Å². The van der Waals surface area contributed by atoms with Gasteiger partial charge < -0.3 is 24.8 Å². The van der Waals surface area contributed by atoms with E-state index in [0.29, 0.717) is 12.6 Å². The van der Waals surface area contributed by atoms with Crippen LogP contribution in [0.2, 0.25) is 0 Å². The largest absolute Gasteiger partial charge is 0.369 e. The van der Waals surface area contributed by atoms with Gasteiger partial charge in [0.15, 0.2) is 5.96 Å². The van der Waals surface area contributed by atoms with E-state index in [-0.39, 0.29) is 12.0 Å². The van der Waals surface area contributed by atoms with E-state index < -0.39 is 0 Å². The van der Waals surface area contributed by atoms with Crippen LogP contribution in [0.15, 0.2) is 35.3 Å². The topological polar surface area (TPSA) is 63.7 Å². The third-order valence-electron chi connectivity index (χ3n) is 6.92. The summed E-state index contributed by atoms with van der Waals surface area (Å²) >= 11 is 0. The van der Waals surface area contributed by atoms with Crippen LogP contribution in [0.3, 0.4) is 0 Å². The van der Waals surface area contributed by atoms with Gasteiger partial charge in [-0.3, -0.25) is 14.7 Å². The van der Waals surface area contributed by atoms with E-state index in [1.54, 1.807) is 0 Å². The highest BCUT2D eigenvalue weighted by atomic mass is 16.5. The first kappa shape index (κ1) is 22.9. The molecular weight excluding hydrogens is 404 g/mol. The van der Waals surface area contributed by atoms with Crippen LogP contribution in [0.4, 0.5) is 5.69 Å². The SMILES string of the molecule is CN=C(NCC(C)N1CCN(c2ccccc2)CC1)N1CCN(C(=O)C2CCCO2)CC1. The van der Waals surface area contributed by atoms with Crippen molar-refractivity contribution in [2.24, 2.45) is 4.99 Å². The first-order valence-electron chi connectivity index (χ1n) is 12.1. The number of rotatable bonds is 5. The van der Waals surface area contributed by atoms with Crippen LogP contribution in [-0.2, 0) is 9.53 Å². The molecule has 3 heterocycles. The molecule has 1 aromatic rings. The Morgan fingerprint density at radius 2 is 1.75 bits per heavy atom. The Morgan fingerprint density at radius 3 is 2.38 bits per heavy atom. The molecular formula is C24H38N6O2. The standard InChI is InChI=1S/C24H38N6O2/c1-20(27-10-12-28(13-11-27)21-7-4-3-5-8-21)19-26-24(25-2)30-16-14-29(15-17-30)23(31)22-9-6-18-32-22/h3-5,7-8,20,22H,6,9-19H2,1-2H3,(H,25,26). The maximum absolute atomic E-state index is 12.6. The number of amides is 1. The average Bonchev–Trinajstić information content (AvgIpc) is 3.40. The molecule has 0 spiro atoms. The molecule has 0 saturated carbocycles. The monoisotopic (exact) mass is 442 g/mol. The maximum atomic E-state index is 12.6. The fourth-order valence-corrected chi connectivity index (χ4v) is 4.87. The van der Waals surface area contributed by atoms with Gasteiger partial charge in [0.2, 0.25) is 0 Å². The molecule has 8 nitrogen and oxygen atoms in total. The molecule has 32 heavy (non-hydrogen) atoms. The van der Waals surface area contributed by atoms with Gasteiger partial charge in [-0.1, -0.05) is 18.2 Å². The molecule has 0 radical (unpaired) electrons. The van der Waals surface area contributed by atoms with Gasteiger partial charge in [0.05, 0.1) is 0 Å². The molecule has 1 amide bonds. The van der Waals surface area contributed by atoms with Crippen molar-refractivity contribution >= 4 is 17.6 Å². The van der Waals surface area contributed by atoms with Crippen molar-refractivity contribution in [2.45, 2.75) is 31.9 Å². The van der Waals surface area contributed by atoms with Crippen LogP contribution in [0, 0.1) is 0 Å². The number of nitrogens with one attached hydrogen (secondary N) is 1. The number of guanidine groups is 1. The summed E-state index contributed by atoms with van der Waals surface area (Å²) in [5, 5.41) is 3.57. The van der Waals surface area contributed by atoms with Crippen molar-refractivity contribution in [3.63, 3.8) is 0 Å². The minimum atomic E-state index is -0.220. The molecule has 2 unspecified atom stereocenters. The molecule has 2 atom stereocenters. The van der Waals surface area contributed by atoms with Crippen molar-refractivity contribution in [2.75, 3.05) is 77.5 Å². The van der Waals surface area contributed by atoms with Crippen molar-refractivity contribution in [1.82, 2.24) is 20.0 Å². The number of piperazine rings is 2. The van der Waals surface area contributed by atoms with Crippen molar-refractivity contribution < 1.29 is 9.53 Å². The van der Waals surface area contributed by atoms with Crippen molar-refractivity contribution in [3.05, 3.63) is 30.3 Å². The number of carbonyl (C=O) groups excluding carboxylic acids is 1. The summed E-state index contributed by atoms with van der Waals surface area (Å²) in [7, 11) is 1.84. The Bertz CT molecular complexity index is 751. The van der Waals surface area contributed by atoms with Gasteiger partial charge >= 0.3 is 0 Å². The lowest BCUT2D eigenvalue weighted by Gasteiger charge is -2.40. The Kier molecular flexibility index (Phi) is 7.86. The number of benzene rings is 1.